The fourth-order valence-electron chi connectivity index (χ4n) is 3.93. The topological polar surface area (TPSA) is 87.7 Å². The summed E-state index contributed by atoms with van der Waals surface area (Å²) in [6.45, 7) is 7.87. The van der Waals surface area contributed by atoms with Gasteiger partial charge in [-0.2, -0.15) is 12.6 Å². The summed E-state index contributed by atoms with van der Waals surface area (Å²) in [5, 5.41) is 5.60. The molecule has 2 aromatic rings. The minimum Gasteiger partial charge on any atom is -0.444 e. The lowest BCUT2D eigenvalue weighted by molar-refractivity contribution is -0.142. The van der Waals surface area contributed by atoms with Crippen LogP contribution in [0.3, 0.4) is 0 Å². The lowest BCUT2D eigenvalue weighted by Crippen LogP contribution is -2.54. The van der Waals surface area contributed by atoms with Crippen LogP contribution in [-0.2, 0) is 20.9 Å². The van der Waals surface area contributed by atoms with Crippen LogP contribution in [0.25, 0.3) is 0 Å². The Bertz CT molecular complexity index is 1110. The summed E-state index contributed by atoms with van der Waals surface area (Å²) < 4.78 is 5.35. The van der Waals surface area contributed by atoms with Gasteiger partial charge in [-0.05, 0) is 44.4 Å². The molecule has 2 aromatic carbocycles. The Morgan fingerprint density at radius 3 is 2.32 bits per heavy atom. The number of hydrogen-bond acceptors (Lipinski definition) is 5. The Balaban J connectivity index is 2.46. The van der Waals surface area contributed by atoms with Gasteiger partial charge in [-0.25, -0.2) is 4.79 Å². The van der Waals surface area contributed by atoms with Crippen molar-refractivity contribution in [3.05, 3.63) is 71.3 Å². The third kappa shape index (κ3) is 9.46. The van der Waals surface area contributed by atoms with Crippen molar-refractivity contribution >= 4 is 30.5 Å². The van der Waals surface area contributed by atoms with E-state index >= 15 is 0 Å². The van der Waals surface area contributed by atoms with E-state index in [4.69, 9.17) is 11.2 Å². The number of rotatable bonds is 12. The zero-order chi connectivity index (χ0) is 28.1. The van der Waals surface area contributed by atoms with Gasteiger partial charge in [0, 0.05) is 24.4 Å². The molecular weight excluding hydrogens is 498 g/mol. The molecule has 0 saturated heterocycles. The standard InChI is InChI=1S/C30H39N3O4S/c1-6-8-14-19-33(28(35)25(21-38)32-29(36)37-30(3,4)5)26(24-18-13-12-17-23(24)7-2)27(34)31-20-22-15-10-9-11-16-22/h2,9-13,15-18,25-26,38H,6,8,14,19-21H2,1,3-5H3,(H,31,34)(H,32,36). The number of nitrogens with zero attached hydrogens (tertiary/aromatic N) is 1. The first kappa shape index (κ1) is 30.8. The van der Waals surface area contributed by atoms with Crippen molar-refractivity contribution in [1.29, 1.82) is 0 Å². The summed E-state index contributed by atoms with van der Waals surface area (Å²) in [5.41, 5.74) is 1.25. The van der Waals surface area contributed by atoms with Gasteiger partial charge in [-0.3, -0.25) is 9.59 Å². The van der Waals surface area contributed by atoms with Crippen LogP contribution in [0.5, 0.6) is 0 Å². The van der Waals surface area contributed by atoms with E-state index in [-0.39, 0.29) is 18.2 Å². The van der Waals surface area contributed by atoms with Crippen molar-refractivity contribution in [1.82, 2.24) is 15.5 Å². The number of unbranched alkanes of at least 4 members (excludes halogenated alkanes) is 2. The molecule has 2 atom stereocenters. The molecule has 2 unspecified atom stereocenters. The fraction of sp³-hybridized carbons (Fsp3) is 0.433. The van der Waals surface area contributed by atoms with Crippen molar-refractivity contribution in [2.75, 3.05) is 12.3 Å². The van der Waals surface area contributed by atoms with Gasteiger partial charge in [-0.1, -0.05) is 74.2 Å². The van der Waals surface area contributed by atoms with Gasteiger partial charge in [0.25, 0.3) is 0 Å². The normalized spacial score (nSPS) is 12.5. The van der Waals surface area contributed by atoms with Gasteiger partial charge in [0.05, 0.1) is 0 Å². The van der Waals surface area contributed by atoms with Gasteiger partial charge in [0.1, 0.15) is 17.7 Å². The number of amides is 3. The Morgan fingerprint density at radius 2 is 1.71 bits per heavy atom. The summed E-state index contributed by atoms with van der Waals surface area (Å²) >= 11 is 4.33. The van der Waals surface area contributed by atoms with Crippen molar-refractivity contribution in [2.45, 2.75) is 71.2 Å². The van der Waals surface area contributed by atoms with E-state index in [1.165, 1.54) is 4.90 Å². The summed E-state index contributed by atoms with van der Waals surface area (Å²) in [4.78, 5) is 41.7. The van der Waals surface area contributed by atoms with Gasteiger partial charge >= 0.3 is 6.09 Å². The molecule has 0 radical (unpaired) electrons. The minimum absolute atomic E-state index is 0.0253. The van der Waals surface area contributed by atoms with Gasteiger partial charge < -0.3 is 20.3 Å². The fourth-order valence-corrected chi connectivity index (χ4v) is 4.18. The molecular formula is C30H39N3O4S. The smallest absolute Gasteiger partial charge is 0.408 e. The molecule has 7 nitrogen and oxygen atoms in total. The highest BCUT2D eigenvalue weighted by Gasteiger charge is 2.36. The third-order valence-electron chi connectivity index (χ3n) is 5.74. The van der Waals surface area contributed by atoms with Crippen molar-refractivity contribution in [3.63, 3.8) is 0 Å². The molecule has 0 aliphatic rings. The van der Waals surface area contributed by atoms with E-state index in [2.05, 4.69) is 36.1 Å². The lowest BCUT2D eigenvalue weighted by Gasteiger charge is -2.34. The first-order valence-electron chi connectivity index (χ1n) is 12.9. The van der Waals surface area contributed by atoms with Crippen LogP contribution in [-0.4, -0.2) is 46.7 Å². The molecule has 0 fully saturated rings. The molecule has 38 heavy (non-hydrogen) atoms. The number of thiol groups is 1. The highest BCUT2D eigenvalue weighted by molar-refractivity contribution is 7.80. The predicted molar refractivity (Wildman–Crippen MR) is 154 cm³/mol. The molecule has 0 aliphatic heterocycles. The molecule has 2 rings (SSSR count). The van der Waals surface area contributed by atoms with Crippen LogP contribution in [0.15, 0.2) is 54.6 Å². The van der Waals surface area contributed by atoms with Gasteiger partial charge in [0.15, 0.2) is 0 Å². The van der Waals surface area contributed by atoms with Gasteiger partial charge in [0.2, 0.25) is 11.8 Å². The molecule has 3 amide bonds. The summed E-state index contributed by atoms with van der Waals surface area (Å²) in [6, 6.07) is 14.6. The Kier molecular flexibility index (Phi) is 12.2. The second-order valence-corrected chi connectivity index (χ2v) is 10.3. The molecule has 0 heterocycles. The first-order valence-corrected chi connectivity index (χ1v) is 13.5. The van der Waals surface area contributed by atoms with E-state index in [1.807, 2.05) is 30.3 Å². The average Bonchev–Trinajstić information content (AvgIpc) is 2.89. The molecule has 8 heteroatoms. The molecule has 0 spiro atoms. The zero-order valence-corrected chi connectivity index (χ0v) is 23.6. The molecule has 2 N–H and O–H groups in total. The van der Waals surface area contributed by atoms with E-state index in [9.17, 15) is 14.4 Å². The third-order valence-corrected chi connectivity index (χ3v) is 6.10. The van der Waals surface area contributed by atoms with Crippen LogP contribution in [0.2, 0.25) is 0 Å². The number of benzene rings is 2. The average molecular weight is 538 g/mol. The second kappa shape index (κ2) is 15.1. The zero-order valence-electron chi connectivity index (χ0n) is 22.7. The van der Waals surface area contributed by atoms with Crippen LogP contribution in [0.4, 0.5) is 4.79 Å². The lowest BCUT2D eigenvalue weighted by atomic mass is 9.97. The first-order chi connectivity index (χ1) is 18.1. The van der Waals surface area contributed by atoms with E-state index < -0.39 is 29.7 Å². The summed E-state index contributed by atoms with van der Waals surface area (Å²) in [5.74, 6) is 1.87. The predicted octanol–water partition coefficient (Wildman–Crippen LogP) is 4.87. The highest BCUT2D eigenvalue weighted by Crippen LogP contribution is 2.26. The number of carbonyl (C=O) groups is 3. The van der Waals surface area contributed by atoms with E-state index in [0.717, 1.165) is 18.4 Å². The maximum atomic E-state index is 13.9. The van der Waals surface area contributed by atoms with Gasteiger partial charge in [-0.15, -0.1) is 6.42 Å². The Morgan fingerprint density at radius 1 is 1.05 bits per heavy atom. The SMILES string of the molecule is C#Cc1ccccc1C(C(=O)NCc1ccccc1)N(CCCCC)C(=O)C(CS)NC(=O)OC(C)(C)C. The van der Waals surface area contributed by atoms with Crippen LogP contribution < -0.4 is 10.6 Å². The molecule has 0 bridgehead atoms. The van der Waals surface area contributed by atoms with Crippen molar-refractivity contribution < 1.29 is 19.1 Å². The van der Waals surface area contributed by atoms with Crippen molar-refractivity contribution in [2.24, 2.45) is 0 Å². The summed E-state index contributed by atoms with van der Waals surface area (Å²) in [7, 11) is 0. The molecule has 0 saturated carbocycles. The highest BCUT2D eigenvalue weighted by atomic mass is 32.1. The molecule has 0 aliphatic carbocycles. The number of terminal acetylenes is 1. The maximum absolute atomic E-state index is 13.9. The summed E-state index contributed by atoms with van der Waals surface area (Å²) in [6.07, 6.45) is 7.53. The maximum Gasteiger partial charge on any atom is 0.408 e. The Labute approximate surface area is 232 Å². The minimum atomic E-state index is -1.00. The quantitative estimate of drug-likeness (QED) is 0.205. The van der Waals surface area contributed by atoms with E-state index in [0.29, 0.717) is 24.1 Å². The number of nitrogens with one attached hydrogen (secondary N) is 2. The van der Waals surface area contributed by atoms with Crippen LogP contribution in [0, 0.1) is 12.3 Å². The molecule has 204 valence electrons. The number of hydrogen-bond donors (Lipinski definition) is 3. The Hall–Kier alpha value is -3.44. The van der Waals surface area contributed by atoms with Crippen LogP contribution in [0.1, 0.15) is 69.7 Å². The second-order valence-electron chi connectivity index (χ2n) is 9.96. The van der Waals surface area contributed by atoms with Crippen LogP contribution >= 0.6 is 12.6 Å². The number of alkyl carbamates (subject to hydrolysis) is 1. The van der Waals surface area contributed by atoms with E-state index in [1.54, 1.807) is 45.0 Å². The number of ether oxygens (including phenoxy) is 1. The molecule has 0 aromatic heterocycles. The van der Waals surface area contributed by atoms with Crippen molar-refractivity contribution in [3.8, 4) is 12.3 Å². The number of carbonyl (C=O) groups excluding carboxylic acids is 3. The monoisotopic (exact) mass is 537 g/mol. The largest absolute Gasteiger partial charge is 0.444 e.